The molecule has 2 atom stereocenters. The molecule has 0 bridgehead atoms. The second kappa shape index (κ2) is 7.68. The lowest BCUT2D eigenvalue weighted by Gasteiger charge is -2.45. The van der Waals surface area contributed by atoms with Gasteiger partial charge in [0.2, 0.25) is 11.8 Å². The van der Waals surface area contributed by atoms with Crippen LogP contribution in [0.5, 0.6) is 0 Å². The van der Waals surface area contributed by atoms with Crippen LogP contribution in [0.4, 0.5) is 0 Å². The van der Waals surface area contributed by atoms with Gasteiger partial charge in [0.15, 0.2) is 0 Å². The van der Waals surface area contributed by atoms with E-state index in [2.05, 4.69) is 9.80 Å². The van der Waals surface area contributed by atoms with E-state index < -0.39 is 17.9 Å². The molecule has 1 saturated carbocycles. The third-order valence-electron chi connectivity index (χ3n) is 7.43. The highest BCUT2D eigenvalue weighted by Crippen LogP contribution is 2.54. The van der Waals surface area contributed by atoms with Crippen LogP contribution in [0.15, 0.2) is 0 Å². The highest BCUT2D eigenvalue weighted by molar-refractivity contribution is 5.90. The summed E-state index contributed by atoms with van der Waals surface area (Å²) in [5.74, 6) is -0.795. The lowest BCUT2D eigenvalue weighted by molar-refractivity contribution is -0.151. The minimum atomic E-state index is -0.455. The zero-order chi connectivity index (χ0) is 19.0. The summed E-state index contributed by atoms with van der Waals surface area (Å²) in [4.78, 5) is 32.3. The van der Waals surface area contributed by atoms with Crippen molar-refractivity contribution < 1.29 is 14.8 Å². The lowest BCUT2D eigenvalue weighted by atomic mass is 9.80. The summed E-state index contributed by atoms with van der Waals surface area (Å²) in [7, 11) is 1.96. The normalized spacial score (nSPS) is 32.4. The maximum absolute atomic E-state index is 13.3. The maximum Gasteiger partial charge on any atom is 0.248 e. The van der Waals surface area contributed by atoms with Gasteiger partial charge in [0.05, 0.1) is 5.92 Å². The number of likely N-dealkylation sites (tertiary alicyclic amines) is 3. The number of nitrogens with zero attached hydrogens (tertiary/aromatic N) is 3. The number of nitrogens with one attached hydrogen (secondary N) is 1. The molecule has 4 rings (SSSR count). The molecule has 0 unspecified atom stereocenters. The van der Waals surface area contributed by atoms with E-state index in [1.807, 2.05) is 17.4 Å². The molecule has 2 N–H and O–H groups in total. The fourth-order valence-corrected chi connectivity index (χ4v) is 5.72. The number of piperidine rings is 3. The molecule has 1 aliphatic carbocycles. The molecule has 0 aromatic rings. The van der Waals surface area contributed by atoms with Gasteiger partial charge >= 0.3 is 0 Å². The Morgan fingerprint density at radius 3 is 2.30 bits per heavy atom. The Morgan fingerprint density at radius 2 is 1.70 bits per heavy atom. The van der Waals surface area contributed by atoms with Crippen molar-refractivity contribution in [1.29, 1.82) is 0 Å². The van der Waals surface area contributed by atoms with Gasteiger partial charge in [-0.2, -0.15) is 0 Å². The van der Waals surface area contributed by atoms with Gasteiger partial charge in [-0.05, 0) is 70.5 Å². The van der Waals surface area contributed by atoms with Crippen LogP contribution in [0, 0.1) is 11.3 Å². The molecule has 3 aliphatic heterocycles. The zero-order valence-electron chi connectivity index (χ0n) is 16.5. The van der Waals surface area contributed by atoms with Crippen LogP contribution >= 0.6 is 0 Å². The third-order valence-corrected chi connectivity index (χ3v) is 7.43. The molecule has 27 heavy (non-hydrogen) atoms. The Morgan fingerprint density at radius 1 is 1.04 bits per heavy atom. The number of hydrogen-bond acceptors (Lipinski definition) is 5. The van der Waals surface area contributed by atoms with Crippen molar-refractivity contribution in [3.63, 3.8) is 0 Å². The maximum atomic E-state index is 13.3. The Hall–Kier alpha value is -1.18. The van der Waals surface area contributed by atoms with Crippen LogP contribution < -0.4 is 5.48 Å². The molecule has 4 aliphatic rings. The quantitative estimate of drug-likeness (QED) is 0.568. The number of carbonyl (C=O) groups is 2. The number of rotatable bonds is 3. The summed E-state index contributed by atoms with van der Waals surface area (Å²) in [6.45, 7) is 4.84. The summed E-state index contributed by atoms with van der Waals surface area (Å²) in [5, 5.41) is 9.20. The fraction of sp³-hybridized carbons (Fsp3) is 0.900. The molecule has 3 heterocycles. The Labute approximate surface area is 162 Å². The van der Waals surface area contributed by atoms with Crippen molar-refractivity contribution in [3.05, 3.63) is 0 Å². The number of likely N-dealkylation sites (N-methyl/N-ethyl adjacent to an activating group) is 1. The van der Waals surface area contributed by atoms with Crippen molar-refractivity contribution >= 4 is 11.8 Å². The van der Waals surface area contributed by atoms with Gasteiger partial charge in [-0.15, -0.1) is 0 Å². The van der Waals surface area contributed by atoms with Crippen LogP contribution in [0.3, 0.4) is 0 Å². The highest BCUT2D eigenvalue weighted by Gasteiger charge is 2.55. The monoisotopic (exact) mass is 378 g/mol. The first-order chi connectivity index (χ1) is 13.0. The van der Waals surface area contributed by atoms with E-state index in [0.717, 1.165) is 45.3 Å². The highest BCUT2D eigenvalue weighted by atomic mass is 16.5. The number of hydrogen-bond donors (Lipinski definition) is 2. The standard InChI is InChI=1S/C20H34N4O3/c1-22-14-20(7-8-20)13-16(18(25)21-27)17(22)19(26)24-11-5-15(6-12-24)23-9-3-2-4-10-23/h15-17,27H,2-14H2,1H3,(H,21,25)/t16-,17-/m0/s1. The van der Waals surface area contributed by atoms with Crippen molar-refractivity contribution in [2.24, 2.45) is 11.3 Å². The third kappa shape index (κ3) is 3.87. The largest absolute Gasteiger partial charge is 0.341 e. The Balaban J connectivity index is 1.39. The van der Waals surface area contributed by atoms with Gasteiger partial charge < -0.3 is 9.80 Å². The molecule has 0 aromatic carbocycles. The SMILES string of the molecule is CN1CC2(CC2)C[C@H](C(=O)NO)[C@H]1C(=O)N1CCC(N2CCCCC2)CC1. The predicted molar refractivity (Wildman–Crippen MR) is 101 cm³/mol. The summed E-state index contributed by atoms with van der Waals surface area (Å²) in [6.07, 6.45) is 8.95. The Kier molecular flexibility index (Phi) is 5.45. The van der Waals surface area contributed by atoms with Crippen LogP contribution in [-0.2, 0) is 9.59 Å². The van der Waals surface area contributed by atoms with Crippen molar-refractivity contribution in [1.82, 2.24) is 20.2 Å². The van der Waals surface area contributed by atoms with Gasteiger partial charge in [0, 0.05) is 25.7 Å². The molecule has 0 radical (unpaired) electrons. The predicted octanol–water partition coefficient (Wildman–Crippen LogP) is 1.07. The van der Waals surface area contributed by atoms with E-state index in [-0.39, 0.29) is 11.3 Å². The van der Waals surface area contributed by atoms with Gasteiger partial charge in [-0.25, -0.2) is 5.48 Å². The van der Waals surface area contributed by atoms with Crippen LogP contribution in [0.25, 0.3) is 0 Å². The molecular formula is C20H34N4O3. The van der Waals surface area contributed by atoms with Gasteiger partial charge in [0.25, 0.3) is 0 Å². The molecule has 7 nitrogen and oxygen atoms in total. The summed E-state index contributed by atoms with van der Waals surface area (Å²) < 4.78 is 0. The molecule has 7 heteroatoms. The summed E-state index contributed by atoms with van der Waals surface area (Å²) in [6, 6.07) is 0.152. The van der Waals surface area contributed by atoms with E-state index in [4.69, 9.17) is 0 Å². The smallest absolute Gasteiger partial charge is 0.248 e. The van der Waals surface area contributed by atoms with Crippen LogP contribution in [0.1, 0.15) is 51.4 Å². The average molecular weight is 379 g/mol. The first-order valence-electron chi connectivity index (χ1n) is 10.7. The molecular weight excluding hydrogens is 344 g/mol. The second-order valence-corrected chi connectivity index (χ2v) is 9.30. The zero-order valence-corrected chi connectivity index (χ0v) is 16.5. The average Bonchev–Trinajstić information content (AvgIpc) is 3.45. The molecule has 4 fully saturated rings. The van der Waals surface area contributed by atoms with Crippen molar-refractivity contribution in [3.8, 4) is 0 Å². The lowest BCUT2D eigenvalue weighted by Crippen LogP contribution is -2.60. The van der Waals surface area contributed by atoms with Crippen molar-refractivity contribution in [2.45, 2.75) is 63.5 Å². The van der Waals surface area contributed by atoms with E-state index in [9.17, 15) is 14.8 Å². The second-order valence-electron chi connectivity index (χ2n) is 9.30. The van der Waals surface area contributed by atoms with Gasteiger partial charge in [0.1, 0.15) is 6.04 Å². The molecule has 3 saturated heterocycles. The van der Waals surface area contributed by atoms with E-state index in [1.165, 1.54) is 32.4 Å². The number of hydroxylamine groups is 1. The molecule has 0 aromatic heterocycles. The molecule has 1 spiro atoms. The minimum Gasteiger partial charge on any atom is -0.341 e. The minimum absolute atomic E-state index is 0.0682. The van der Waals surface area contributed by atoms with Crippen LogP contribution in [-0.4, -0.2) is 83.6 Å². The topological polar surface area (TPSA) is 76.1 Å². The van der Waals surface area contributed by atoms with Crippen LogP contribution in [0.2, 0.25) is 0 Å². The van der Waals surface area contributed by atoms with E-state index >= 15 is 0 Å². The molecule has 152 valence electrons. The summed E-state index contributed by atoms with van der Waals surface area (Å²) in [5.41, 5.74) is 2.00. The molecule has 2 amide bonds. The van der Waals surface area contributed by atoms with Gasteiger partial charge in [-0.1, -0.05) is 6.42 Å². The van der Waals surface area contributed by atoms with E-state index in [1.54, 1.807) is 0 Å². The fourth-order valence-electron chi connectivity index (χ4n) is 5.72. The first-order valence-corrected chi connectivity index (χ1v) is 10.7. The van der Waals surface area contributed by atoms with Crippen molar-refractivity contribution in [2.75, 3.05) is 39.8 Å². The summed E-state index contributed by atoms with van der Waals surface area (Å²) >= 11 is 0. The Bertz CT molecular complexity index is 566. The number of carbonyl (C=O) groups excluding carboxylic acids is 2. The van der Waals surface area contributed by atoms with E-state index in [0.29, 0.717) is 12.5 Å². The van der Waals surface area contributed by atoms with Gasteiger partial charge in [-0.3, -0.25) is 19.7 Å². The first kappa shape index (κ1) is 19.2. The number of amides is 2.